The van der Waals surface area contributed by atoms with Crippen molar-refractivity contribution in [3.05, 3.63) is 28.0 Å². The number of aromatic nitrogens is 1. The minimum atomic E-state index is -0.138. The number of nitrogens with zero attached hydrogens (tertiary/aromatic N) is 3. The molecule has 0 saturated carbocycles. The summed E-state index contributed by atoms with van der Waals surface area (Å²) in [7, 11) is 0. The van der Waals surface area contributed by atoms with Crippen molar-refractivity contribution >= 4 is 29.1 Å². The Morgan fingerprint density at radius 2 is 1.95 bits per heavy atom. The van der Waals surface area contributed by atoms with Crippen LogP contribution in [0.15, 0.2) is 12.1 Å². The maximum absolute atomic E-state index is 12.4. The molecular formula is C14H19Cl2N3O. The van der Waals surface area contributed by atoms with Crippen LogP contribution in [0, 0.1) is 0 Å². The van der Waals surface area contributed by atoms with Gasteiger partial charge >= 0.3 is 0 Å². The van der Waals surface area contributed by atoms with Crippen LogP contribution in [0.1, 0.15) is 30.8 Å². The number of hydrogen-bond donors (Lipinski definition) is 0. The van der Waals surface area contributed by atoms with Crippen molar-refractivity contribution in [2.24, 2.45) is 0 Å². The molecule has 1 amide bonds. The van der Waals surface area contributed by atoms with Crippen LogP contribution in [0.2, 0.25) is 10.2 Å². The summed E-state index contributed by atoms with van der Waals surface area (Å²) in [5.41, 5.74) is 0.246. The molecule has 1 aliphatic heterocycles. The van der Waals surface area contributed by atoms with Gasteiger partial charge in [0.05, 0.1) is 5.02 Å². The van der Waals surface area contributed by atoms with Crippen molar-refractivity contribution < 1.29 is 4.79 Å². The molecule has 1 unspecified atom stereocenters. The van der Waals surface area contributed by atoms with Crippen molar-refractivity contribution in [3.8, 4) is 0 Å². The van der Waals surface area contributed by atoms with Gasteiger partial charge in [-0.1, -0.05) is 30.1 Å². The summed E-state index contributed by atoms with van der Waals surface area (Å²) in [6.45, 7) is 7.57. The number of pyridine rings is 1. The lowest BCUT2D eigenvalue weighted by Gasteiger charge is -2.37. The van der Waals surface area contributed by atoms with E-state index in [1.54, 1.807) is 17.0 Å². The van der Waals surface area contributed by atoms with E-state index in [2.05, 4.69) is 23.7 Å². The highest BCUT2D eigenvalue weighted by Gasteiger charge is 2.26. The van der Waals surface area contributed by atoms with Gasteiger partial charge < -0.3 is 4.90 Å². The zero-order valence-electron chi connectivity index (χ0n) is 11.8. The molecule has 0 radical (unpaired) electrons. The molecule has 1 aromatic heterocycles. The number of carbonyl (C=O) groups excluding carboxylic acids is 1. The Morgan fingerprint density at radius 3 is 2.55 bits per heavy atom. The number of hydrogen-bond acceptors (Lipinski definition) is 3. The topological polar surface area (TPSA) is 36.4 Å². The van der Waals surface area contributed by atoms with E-state index in [-0.39, 0.29) is 16.8 Å². The first-order valence-corrected chi connectivity index (χ1v) is 7.64. The molecule has 0 aliphatic carbocycles. The molecule has 6 heteroatoms. The summed E-state index contributed by atoms with van der Waals surface area (Å²) in [5.74, 6) is -0.138. The molecule has 1 saturated heterocycles. The molecule has 0 spiro atoms. The van der Waals surface area contributed by atoms with Gasteiger partial charge in [0.2, 0.25) is 0 Å². The lowest BCUT2D eigenvalue weighted by atomic mass is 10.2. The van der Waals surface area contributed by atoms with Crippen LogP contribution in [0.5, 0.6) is 0 Å². The summed E-state index contributed by atoms with van der Waals surface area (Å²) in [5, 5.41) is 0.639. The molecular weight excluding hydrogens is 297 g/mol. The van der Waals surface area contributed by atoms with Gasteiger partial charge in [-0.3, -0.25) is 9.69 Å². The molecule has 4 nitrogen and oxygen atoms in total. The van der Waals surface area contributed by atoms with E-state index in [9.17, 15) is 4.79 Å². The minimum absolute atomic E-state index is 0.138. The largest absolute Gasteiger partial charge is 0.335 e. The van der Waals surface area contributed by atoms with E-state index >= 15 is 0 Å². The Bertz CT molecular complexity index is 487. The first kappa shape index (κ1) is 15.5. The highest BCUT2D eigenvalue weighted by molar-refractivity contribution is 6.34. The van der Waals surface area contributed by atoms with Crippen molar-refractivity contribution in [1.29, 1.82) is 0 Å². The lowest BCUT2D eigenvalue weighted by molar-refractivity contribution is 0.0574. The van der Waals surface area contributed by atoms with Crippen LogP contribution in [0.4, 0.5) is 0 Å². The van der Waals surface area contributed by atoms with Crippen molar-refractivity contribution in [1.82, 2.24) is 14.8 Å². The second kappa shape index (κ2) is 6.74. The molecule has 110 valence electrons. The van der Waals surface area contributed by atoms with Crippen molar-refractivity contribution in [3.63, 3.8) is 0 Å². The molecule has 1 atom stereocenters. The quantitative estimate of drug-likeness (QED) is 0.805. The molecule has 20 heavy (non-hydrogen) atoms. The van der Waals surface area contributed by atoms with E-state index in [1.165, 1.54) is 0 Å². The van der Waals surface area contributed by atoms with Crippen LogP contribution in [-0.4, -0.2) is 52.9 Å². The highest BCUT2D eigenvalue weighted by Crippen LogP contribution is 2.19. The van der Waals surface area contributed by atoms with Crippen LogP contribution < -0.4 is 0 Å². The Balaban J connectivity index is 2.03. The number of amides is 1. The van der Waals surface area contributed by atoms with Gasteiger partial charge in [0.25, 0.3) is 5.91 Å². The Kier molecular flexibility index (Phi) is 5.24. The van der Waals surface area contributed by atoms with E-state index < -0.39 is 0 Å². The fourth-order valence-electron chi connectivity index (χ4n) is 2.34. The molecule has 1 fully saturated rings. The average molecular weight is 316 g/mol. The number of halogens is 2. The van der Waals surface area contributed by atoms with Gasteiger partial charge in [-0.15, -0.1) is 0 Å². The smallest absolute Gasteiger partial charge is 0.274 e. The lowest BCUT2D eigenvalue weighted by Crippen LogP contribution is -2.51. The number of rotatable bonds is 3. The minimum Gasteiger partial charge on any atom is -0.335 e. The highest BCUT2D eigenvalue weighted by atomic mass is 35.5. The summed E-state index contributed by atoms with van der Waals surface area (Å²) < 4.78 is 0. The third kappa shape index (κ3) is 3.43. The van der Waals surface area contributed by atoms with Crippen molar-refractivity contribution in [2.75, 3.05) is 26.2 Å². The van der Waals surface area contributed by atoms with Crippen LogP contribution >= 0.6 is 23.2 Å². The van der Waals surface area contributed by atoms with Gasteiger partial charge in [0.1, 0.15) is 10.8 Å². The molecule has 1 aromatic rings. The molecule has 0 bridgehead atoms. The van der Waals surface area contributed by atoms with Gasteiger partial charge in [-0.2, -0.15) is 0 Å². The monoisotopic (exact) mass is 315 g/mol. The van der Waals surface area contributed by atoms with E-state index in [0.29, 0.717) is 24.2 Å². The second-order valence-corrected chi connectivity index (χ2v) is 5.84. The van der Waals surface area contributed by atoms with Crippen LogP contribution in [0.25, 0.3) is 0 Å². The summed E-state index contributed by atoms with van der Waals surface area (Å²) in [4.78, 5) is 20.7. The summed E-state index contributed by atoms with van der Waals surface area (Å²) >= 11 is 11.9. The maximum atomic E-state index is 12.4. The predicted octanol–water partition coefficient (Wildman–Crippen LogP) is 2.94. The number of piperazine rings is 1. The SMILES string of the molecule is CCC(C)N1CCN(C(=O)c2nc(Cl)ccc2Cl)CC1. The second-order valence-electron chi connectivity index (χ2n) is 5.05. The first-order valence-electron chi connectivity index (χ1n) is 6.88. The normalized spacial score (nSPS) is 18.1. The van der Waals surface area contributed by atoms with Crippen LogP contribution in [0.3, 0.4) is 0 Å². The molecule has 0 aromatic carbocycles. The molecule has 2 rings (SSSR count). The summed E-state index contributed by atoms with van der Waals surface area (Å²) in [6, 6.07) is 3.75. The Hall–Kier alpha value is -0.840. The fourth-order valence-corrected chi connectivity index (χ4v) is 2.68. The van der Waals surface area contributed by atoms with E-state index in [1.807, 2.05) is 0 Å². The van der Waals surface area contributed by atoms with Crippen LogP contribution in [-0.2, 0) is 0 Å². The van der Waals surface area contributed by atoms with Gasteiger partial charge in [-0.05, 0) is 25.5 Å². The van der Waals surface area contributed by atoms with Gasteiger partial charge in [-0.25, -0.2) is 4.98 Å². The number of carbonyl (C=O) groups is 1. The first-order chi connectivity index (χ1) is 9.52. The fraction of sp³-hybridized carbons (Fsp3) is 0.571. The Labute approximate surface area is 129 Å². The third-order valence-electron chi connectivity index (χ3n) is 3.83. The predicted molar refractivity (Wildman–Crippen MR) is 81.5 cm³/mol. The molecule has 1 aliphatic rings. The zero-order valence-corrected chi connectivity index (χ0v) is 13.3. The van der Waals surface area contributed by atoms with Gasteiger partial charge in [0.15, 0.2) is 0 Å². The average Bonchev–Trinajstić information content (AvgIpc) is 2.48. The molecule has 2 heterocycles. The standard InChI is InChI=1S/C14H19Cl2N3O/c1-3-10(2)18-6-8-19(9-7-18)14(20)13-11(15)4-5-12(16)17-13/h4-5,10H,3,6-9H2,1-2H3. The van der Waals surface area contributed by atoms with Gasteiger partial charge in [0, 0.05) is 32.2 Å². The zero-order chi connectivity index (χ0) is 14.7. The third-order valence-corrected chi connectivity index (χ3v) is 4.35. The van der Waals surface area contributed by atoms with E-state index in [4.69, 9.17) is 23.2 Å². The maximum Gasteiger partial charge on any atom is 0.274 e. The van der Waals surface area contributed by atoms with Crippen molar-refractivity contribution in [2.45, 2.75) is 26.3 Å². The molecule has 0 N–H and O–H groups in total. The van der Waals surface area contributed by atoms with E-state index in [0.717, 1.165) is 19.5 Å². The summed E-state index contributed by atoms with van der Waals surface area (Å²) in [6.07, 6.45) is 1.12. The Morgan fingerprint density at radius 1 is 1.30 bits per heavy atom.